The van der Waals surface area contributed by atoms with Gasteiger partial charge in [-0.05, 0) is 56.3 Å². The number of hydrogen-bond acceptors (Lipinski definition) is 6. The summed E-state index contributed by atoms with van der Waals surface area (Å²) in [4.78, 5) is 44.1. The zero-order valence-corrected chi connectivity index (χ0v) is 18.5. The Labute approximate surface area is 191 Å². The quantitative estimate of drug-likeness (QED) is 0.532. The molecule has 32 heavy (non-hydrogen) atoms. The minimum Gasteiger partial charge on any atom is -0.350 e. The maximum absolute atomic E-state index is 13.2. The van der Waals surface area contributed by atoms with Crippen LogP contribution in [0.1, 0.15) is 20.9 Å². The van der Waals surface area contributed by atoms with Crippen molar-refractivity contribution in [3.8, 4) is 0 Å². The van der Waals surface area contributed by atoms with E-state index in [0.717, 1.165) is 27.6 Å². The number of aryl methyl sites for hydroxylation is 2. The number of thiazole rings is 1. The van der Waals surface area contributed by atoms with E-state index >= 15 is 0 Å². The molecule has 10 heteroatoms. The van der Waals surface area contributed by atoms with Gasteiger partial charge in [0.2, 0.25) is 0 Å². The molecule has 2 N–H and O–H groups in total. The second kappa shape index (κ2) is 8.52. The molecule has 0 saturated heterocycles. The highest BCUT2D eigenvalue weighted by Crippen LogP contribution is 2.30. The van der Waals surface area contributed by atoms with Crippen LogP contribution in [0.4, 0.5) is 20.9 Å². The molecule has 0 unspecified atom stereocenters. The van der Waals surface area contributed by atoms with Gasteiger partial charge in [0, 0.05) is 16.1 Å². The predicted molar refractivity (Wildman–Crippen MR) is 121 cm³/mol. The number of anilines is 3. The molecule has 4 rings (SSSR count). The van der Waals surface area contributed by atoms with Crippen LogP contribution in [0.25, 0.3) is 0 Å². The summed E-state index contributed by atoms with van der Waals surface area (Å²) in [5.74, 6) is -2.28. The van der Waals surface area contributed by atoms with Gasteiger partial charge in [-0.1, -0.05) is 17.7 Å². The molecule has 0 aliphatic carbocycles. The molecule has 0 radical (unpaired) electrons. The standard InChI is InChI=1S/C22H16ClFN4O3S/c1-11-12(2)32-22(25-11)27-19(29)13-4-3-5-15(10-13)26-18-17(23)20(30)28(21(18)31)16-8-6-14(24)7-9-16/h3-10,26H,1-2H3,(H,25,27,29). The lowest BCUT2D eigenvalue weighted by Crippen LogP contribution is -2.32. The zero-order chi connectivity index (χ0) is 23.0. The molecule has 0 bridgehead atoms. The van der Waals surface area contributed by atoms with Crippen LogP contribution in [0.15, 0.2) is 59.3 Å². The zero-order valence-electron chi connectivity index (χ0n) is 16.9. The maximum atomic E-state index is 13.2. The van der Waals surface area contributed by atoms with Crippen molar-refractivity contribution in [2.45, 2.75) is 13.8 Å². The van der Waals surface area contributed by atoms with Crippen LogP contribution in [0, 0.1) is 19.7 Å². The molecule has 1 aliphatic heterocycles. The van der Waals surface area contributed by atoms with Crippen molar-refractivity contribution in [3.05, 3.63) is 81.2 Å². The molecule has 162 valence electrons. The maximum Gasteiger partial charge on any atom is 0.283 e. The molecule has 2 heterocycles. The molecular weight excluding hydrogens is 455 g/mol. The molecule has 0 spiro atoms. The first kappa shape index (κ1) is 21.7. The highest BCUT2D eigenvalue weighted by molar-refractivity contribution is 7.15. The number of nitrogens with one attached hydrogen (secondary N) is 2. The highest BCUT2D eigenvalue weighted by atomic mass is 35.5. The third kappa shape index (κ3) is 4.12. The van der Waals surface area contributed by atoms with E-state index in [1.165, 1.54) is 29.5 Å². The normalized spacial score (nSPS) is 13.7. The minimum absolute atomic E-state index is 0.135. The van der Waals surface area contributed by atoms with E-state index in [1.807, 2.05) is 13.8 Å². The average Bonchev–Trinajstić information content (AvgIpc) is 3.19. The van der Waals surface area contributed by atoms with Crippen molar-refractivity contribution in [1.29, 1.82) is 0 Å². The molecule has 0 saturated carbocycles. The fraction of sp³-hybridized carbons (Fsp3) is 0.0909. The molecule has 0 atom stereocenters. The van der Waals surface area contributed by atoms with Crippen LogP contribution in [0.3, 0.4) is 0 Å². The molecule has 1 aromatic heterocycles. The Balaban J connectivity index is 1.53. The van der Waals surface area contributed by atoms with Crippen LogP contribution < -0.4 is 15.5 Å². The molecule has 3 aromatic rings. The molecule has 3 amide bonds. The largest absolute Gasteiger partial charge is 0.350 e. The Morgan fingerprint density at radius 2 is 1.81 bits per heavy atom. The van der Waals surface area contributed by atoms with E-state index in [9.17, 15) is 18.8 Å². The molecule has 2 aromatic carbocycles. The Morgan fingerprint density at radius 3 is 2.47 bits per heavy atom. The second-order valence-corrected chi connectivity index (χ2v) is 8.51. The summed E-state index contributed by atoms with van der Waals surface area (Å²) in [5, 5.41) is 5.75. The number of rotatable bonds is 5. The van der Waals surface area contributed by atoms with Gasteiger partial charge in [0.15, 0.2) is 5.13 Å². The Kier molecular flexibility index (Phi) is 5.77. The van der Waals surface area contributed by atoms with Crippen molar-refractivity contribution in [2.24, 2.45) is 0 Å². The lowest BCUT2D eigenvalue weighted by atomic mass is 10.2. The van der Waals surface area contributed by atoms with Crippen molar-refractivity contribution >= 4 is 57.2 Å². The van der Waals surface area contributed by atoms with E-state index < -0.39 is 17.6 Å². The average molecular weight is 471 g/mol. The monoisotopic (exact) mass is 470 g/mol. The van der Waals surface area contributed by atoms with E-state index in [1.54, 1.807) is 18.2 Å². The number of carbonyl (C=O) groups excluding carboxylic acids is 3. The van der Waals surface area contributed by atoms with Crippen LogP contribution in [0.2, 0.25) is 0 Å². The van der Waals surface area contributed by atoms with Gasteiger partial charge in [-0.15, -0.1) is 11.3 Å². The first-order valence-electron chi connectivity index (χ1n) is 9.41. The van der Waals surface area contributed by atoms with Crippen LogP contribution >= 0.6 is 22.9 Å². The van der Waals surface area contributed by atoms with Gasteiger partial charge in [0.1, 0.15) is 16.5 Å². The van der Waals surface area contributed by atoms with Gasteiger partial charge in [0.05, 0.1) is 11.4 Å². The molecular formula is C22H16ClFN4O3S. The van der Waals surface area contributed by atoms with Crippen molar-refractivity contribution in [3.63, 3.8) is 0 Å². The molecule has 1 aliphatic rings. The Bertz CT molecular complexity index is 1270. The summed E-state index contributed by atoms with van der Waals surface area (Å²) in [6.45, 7) is 3.78. The summed E-state index contributed by atoms with van der Waals surface area (Å²) in [7, 11) is 0. The van der Waals surface area contributed by atoms with Crippen molar-refractivity contribution in [2.75, 3.05) is 15.5 Å². The number of hydrogen-bond donors (Lipinski definition) is 2. The topological polar surface area (TPSA) is 91.4 Å². The van der Waals surface area contributed by atoms with Gasteiger partial charge in [-0.25, -0.2) is 14.3 Å². The van der Waals surface area contributed by atoms with Crippen molar-refractivity contribution < 1.29 is 18.8 Å². The number of aromatic nitrogens is 1. The third-order valence-electron chi connectivity index (χ3n) is 4.76. The van der Waals surface area contributed by atoms with Crippen LogP contribution in [-0.2, 0) is 9.59 Å². The first-order valence-corrected chi connectivity index (χ1v) is 10.6. The number of benzene rings is 2. The van der Waals surface area contributed by atoms with Gasteiger partial charge in [-0.3, -0.25) is 19.7 Å². The lowest BCUT2D eigenvalue weighted by Gasteiger charge is -2.15. The van der Waals surface area contributed by atoms with E-state index in [2.05, 4.69) is 15.6 Å². The summed E-state index contributed by atoms with van der Waals surface area (Å²) >= 11 is 7.49. The van der Waals surface area contributed by atoms with Gasteiger partial charge in [-0.2, -0.15) is 0 Å². The van der Waals surface area contributed by atoms with Gasteiger partial charge in [0.25, 0.3) is 17.7 Å². The number of imide groups is 1. The SMILES string of the molecule is Cc1nc(NC(=O)c2cccc(NC3=C(Cl)C(=O)N(c4ccc(F)cc4)C3=O)c2)sc1C. The summed E-state index contributed by atoms with van der Waals surface area (Å²) in [6.07, 6.45) is 0. The molecule has 7 nitrogen and oxygen atoms in total. The molecule has 0 fully saturated rings. The fourth-order valence-electron chi connectivity index (χ4n) is 3.01. The predicted octanol–water partition coefficient (Wildman–Crippen LogP) is 4.59. The Morgan fingerprint density at radius 1 is 1.09 bits per heavy atom. The number of carbonyl (C=O) groups is 3. The van der Waals surface area contributed by atoms with E-state index in [-0.39, 0.29) is 22.3 Å². The second-order valence-electron chi connectivity index (χ2n) is 6.93. The van der Waals surface area contributed by atoms with Crippen LogP contribution in [0.5, 0.6) is 0 Å². The summed E-state index contributed by atoms with van der Waals surface area (Å²) < 4.78 is 13.2. The smallest absolute Gasteiger partial charge is 0.283 e. The number of nitrogens with zero attached hydrogens (tertiary/aromatic N) is 2. The summed E-state index contributed by atoms with van der Waals surface area (Å²) in [5.41, 5.74) is 1.62. The highest BCUT2D eigenvalue weighted by Gasteiger charge is 2.39. The first-order chi connectivity index (χ1) is 15.2. The van der Waals surface area contributed by atoms with Gasteiger partial charge < -0.3 is 5.32 Å². The number of halogens is 2. The minimum atomic E-state index is -0.728. The fourth-order valence-corrected chi connectivity index (χ4v) is 4.04. The number of amides is 3. The van der Waals surface area contributed by atoms with Crippen LogP contribution in [-0.4, -0.2) is 22.7 Å². The lowest BCUT2D eigenvalue weighted by molar-refractivity contribution is -0.120. The van der Waals surface area contributed by atoms with E-state index in [0.29, 0.717) is 16.4 Å². The van der Waals surface area contributed by atoms with Crippen molar-refractivity contribution in [1.82, 2.24) is 4.98 Å². The third-order valence-corrected chi connectivity index (χ3v) is 6.09. The summed E-state index contributed by atoms with van der Waals surface area (Å²) in [6, 6.07) is 11.3. The Hall–Kier alpha value is -3.56. The van der Waals surface area contributed by atoms with Gasteiger partial charge >= 0.3 is 0 Å². The van der Waals surface area contributed by atoms with E-state index in [4.69, 9.17) is 11.6 Å².